The third kappa shape index (κ3) is 4.69. The smallest absolute Gasteiger partial charge is 0.251 e. The Hall–Kier alpha value is -1.83. The van der Waals surface area contributed by atoms with Crippen LogP contribution in [-0.2, 0) is 4.74 Å². The number of aliphatic hydroxyl groups is 1. The molecule has 108 valence electrons. The Morgan fingerprint density at radius 1 is 1.50 bits per heavy atom. The van der Waals surface area contributed by atoms with E-state index in [2.05, 4.69) is 17.2 Å². The maximum atomic E-state index is 12.2. The van der Waals surface area contributed by atoms with Gasteiger partial charge in [0.1, 0.15) is 6.61 Å². The fourth-order valence-corrected chi connectivity index (χ4v) is 1.82. The van der Waals surface area contributed by atoms with E-state index >= 15 is 0 Å². The molecule has 2 N–H and O–H groups in total. The highest BCUT2D eigenvalue weighted by atomic mass is 16.5. The zero-order valence-corrected chi connectivity index (χ0v) is 12.2. The molecule has 1 atom stereocenters. The van der Waals surface area contributed by atoms with Crippen molar-refractivity contribution in [1.29, 1.82) is 0 Å². The standard InChI is InChI=1S/C16H21NO3/c1-12(9-11-20-3)17-16(19)15-8-4-6-14(13(15)2)7-5-10-18/h4,6,8,12,18H,9-11H2,1-3H3,(H,17,19). The van der Waals surface area contributed by atoms with E-state index in [0.29, 0.717) is 12.2 Å². The number of rotatable bonds is 5. The Morgan fingerprint density at radius 3 is 2.90 bits per heavy atom. The van der Waals surface area contributed by atoms with Crippen molar-refractivity contribution in [2.75, 3.05) is 20.3 Å². The molecule has 1 amide bonds. The van der Waals surface area contributed by atoms with Crippen LogP contribution >= 0.6 is 0 Å². The van der Waals surface area contributed by atoms with Gasteiger partial charge >= 0.3 is 0 Å². The predicted molar refractivity (Wildman–Crippen MR) is 78.6 cm³/mol. The van der Waals surface area contributed by atoms with Crippen molar-refractivity contribution >= 4 is 5.91 Å². The summed E-state index contributed by atoms with van der Waals surface area (Å²) in [5, 5.41) is 11.7. The Kier molecular flexibility index (Phi) is 6.78. The third-order valence-electron chi connectivity index (χ3n) is 3.01. The lowest BCUT2D eigenvalue weighted by atomic mass is 10.0. The first-order valence-electron chi connectivity index (χ1n) is 6.59. The van der Waals surface area contributed by atoms with Crippen molar-refractivity contribution < 1.29 is 14.6 Å². The molecule has 0 aliphatic carbocycles. The molecule has 0 aromatic heterocycles. The molecule has 0 heterocycles. The fraction of sp³-hybridized carbons (Fsp3) is 0.438. The molecule has 1 aromatic carbocycles. The number of methoxy groups -OCH3 is 1. The highest BCUT2D eigenvalue weighted by molar-refractivity contribution is 5.96. The molecular weight excluding hydrogens is 254 g/mol. The van der Waals surface area contributed by atoms with Crippen LogP contribution in [0.4, 0.5) is 0 Å². The maximum Gasteiger partial charge on any atom is 0.251 e. The predicted octanol–water partition coefficient (Wildman–Crippen LogP) is 1.49. The Balaban J connectivity index is 2.83. The molecule has 1 unspecified atom stereocenters. The SMILES string of the molecule is COCCC(C)NC(=O)c1cccc(C#CCO)c1C. The van der Waals surface area contributed by atoms with E-state index in [1.807, 2.05) is 19.9 Å². The first kappa shape index (κ1) is 16.2. The van der Waals surface area contributed by atoms with Crippen molar-refractivity contribution in [3.63, 3.8) is 0 Å². The van der Waals surface area contributed by atoms with E-state index in [1.54, 1.807) is 19.2 Å². The minimum atomic E-state index is -0.191. The number of carbonyl (C=O) groups excluding carboxylic acids is 1. The van der Waals surface area contributed by atoms with Crippen LogP contribution in [0, 0.1) is 18.8 Å². The molecule has 0 saturated heterocycles. The second-order valence-corrected chi connectivity index (χ2v) is 4.59. The lowest BCUT2D eigenvalue weighted by molar-refractivity contribution is 0.0929. The van der Waals surface area contributed by atoms with E-state index in [9.17, 15) is 4.79 Å². The third-order valence-corrected chi connectivity index (χ3v) is 3.01. The van der Waals surface area contributed by atoms with Gasteiger partial charge in [0.05, 0.1) is 0 Å². The summed E-state index contributed by atoms with van der Waals surface area (Å²) in [5.41, 5.74) is 2.19. The van der Waals surface area contributed by atoms with Crippen molar-refractivity contribution in [3.05, 3.63) is 34.9 Å². The Morgan fingerprint density at radius 2 is 2.25 bits per heavy atom. The number of benzene rings is 1. The van der Waals surface area contributed by atoms with Gasteiger partial charge in [-0.25, -0.2) is 0 Å². The maximum absolute atomic E-state index is 12.2. The van der Waals surface area contributed by atoms with E-state index in [1.165, 1.54) is 0 Å². The molecule has 0 aliphatic heterocycles. The van der Waals surface area contributed by atoms with Gasteiger partial charge in [0.2, 0.25) is 0 Å². The monoisotopic (exact) mass is 275 g/mol. The minimum absolute atomic E-state index is 0.0500. The average Bonchev–Trinajstić information content (AvgIpc) is 2.43. The summed E-state index contributed by atoms with van der Waals surface area (Å²) in [6.45, 7) is 4.23. The molecule has 1 aromatic rings. The topological polar surface area (TPSA) is 58.6 Å². The van der Waals surface area contributed by atoms with Gasteiger partial charge in [-0.05, 0) is 38.0 Å². The van der Waals surface area contributed by atoms with E-state index in [0.717, 1.165) is 17.5 Å². The van der Waals surface area contributed by atoms with E-state index in [-0.39, 0.29) is 18.6 Å². The molecule has 20 heavy (non-hydrogen) atoms. The summed E-state index contributed by atoms with van der Waals surface area (Å²) >= 11 is 0. The molecule has 0 spiro atoms. The molecule has 0 fully saturated rings. The second-order valence-electron chi connectivity index (χ2n) is 4.59. The summed E-state index contributed by atoms with van der Waals surface area (Å²) in [7, 11) is 1.64. The van der Waals surface area contributed by atoms with Crippen molar-refractivity contribution in [3.8, 4) is 11.8 Å². The van der Waals surface area contributed by atoms with E-state index in [4.69, 9.17) is 9.84 Å². The molecule has 4 heteroatoms. The van der Waals surface area contributed by atoms with Gasteiger partial charge in [-0.15, -0.1) is 0 Å². The van der Waals surface area contributed by atoms with Crippen LogP contribution in [0.2, 0.25) is 0 Å². The van der Waals surface area contributed by atoms with Crippen LogP contribution in [0.1, 0.15) is 34.8 Å². The van der Waals surface area contributed by atoms with Gasteiger partial charge in [-0.1, -0.05) is 17.9 Å². The summed E-state index contributed by atoms with van der Waals surface area (Å²) in [6.07, 6.45) is 0.769. The van der Waals surface area contributed by atoms with Crippen molar-refractivity contribution in [1.82, 2.24) is 5.32 Å². The number of ether oxygens (including phenoxy) is 1. The molecule has 1 rings (SSSR count). The van der Waals surface area contributed by atoms with Crippen LogP contribution in [0.25, 0.3) is 0 Å². The van der Waals surface area contributed by atoms with Gasteiger partial charge in [0, 0.05) is 30.9 Å². The van der Waals surface area contributed by atoms with Gasteiger partial charge < -0.3 is 15.2 Å². The zero-order chi connectivity index (χ0) is 15.0. The van der Waals surface area contributed by atoms with Crippen molar-refractivity contribution in [2.45, 2.75) is 26.3 Å². The summed E-state index contributed by atoms with van der Waals surface area (Å²) in [5.74, 6) is 5.33. The highest BCUT2D eigenvalue weighted by Gasteiger charge is 2.13. The fourth-order valence-electron chi connectivity index (χ4n) is 1.82. The molecule has 4 nitrogen and oxygen atoms in total. The summed E-state index contributed by atoms with van der Waals surface area (Å²) < 4.78 is 4.99. The Labute approximate surface area is 120 Å². The molecule has 0 aliphatic rings. The normalized spacial score (nSPS) is 11.4. The van der Waals surface area contributed by atoms with Gasteiger partial charge in [-0.3, -0.25) is 4.79 Å². The number of hydrogen-bond donors (Lipinski definition) is 2. The summed E-state index contributed by atoms with van der Waals surface area (Å²) in [4.78, 5) is 12.2. The largest absolute Gasteiger partial charge is 0.385 e. The quantitative estimate of drug-likeness (QED) is 0.801. The highest BCUT2D eigenvalue weighted by Crippen LogP contribution is 2.13. The van der Waals surface area contributed by atoms with Gasteiger partial charge in [0.15, 0.2) is 0 Å². The molecule has 0 saturated carbocycles. The summed E-state index contributed by atoms with van der Waals surface area (Å²) in [6, 6.07) is 5.46. The number of aliphatic hydroxyl groups excluding tert-OH is 1. The van der Waals surface area contributed by atoms with Crippen molar-refractivity contribution in [2.24, 2.45) is 0 Å². The number of nitrogens with one attached hydrogen (secondary N) is 1. The number of hydrogen-bond acceptors (Lipinski definition) is 3. The zero-order valence-electron chi connectivity index (χ0n) is 12.2. The first-order valence-corrected chi connectivity index (χ1v) is 6.59. The van der Waals surface area contributed by atoms with Crippen LogP contribution in [-0.4, -0.2) is 37.4 Å². The second kappa shape index (κ2) is 8.36. The number of amides is 1. The number of carbonyl (C=O) groups is 1. The minimum Gasteiger partial charge on any atom is -0.385 e. The first-order chi connectivity index (χ1) is 9.60. The lowest BCUT2D eigenvalue weighted by Gasteiger charge is -2.15. The van der Waals surface area contributed by atoms with Gasteiger partial charge in [0.25, 0.3) is 5.91 Å². The average molecular weight is 275 g/mol. The lowest BCUT2D eigenvalue weighted by Crippen LogP contribution is -2.33. The van der Waals surface area contributed by atoms with Crippen LogP contribution in [0.15, 0.2) is 18.2 Å². The molecule has 0 radical (unpaired) electrons. The van der Waals surface area contributed by atoms with Crippen LogP contribution in [0.5, 0.6) is 0 Å². The molecule has 0 bridgehead atoms. The van der Waals surface area contributed by atoms with Crippen LogP contribution < -0.4 is 5.32 Å². The van der Waals surface area contributed by atoms with Gasteiger partial charge in [-0.2, -0.15) is 0 Å². The molecular formula is C16H21NO3. The van der Waals surface area contributed by atoms with Crippen LogP contribution in [0.3, 0.4) is 0 Å². The Bertz CT molecular complexity index is 514. The van der Waals surface area contributed by atoms with E-state index < -0.39 is 0 Å².